The van der Waals surface area contributed by atoms with Crippen LogP contribution in [0.25, 0.3) is 12.2 Å². The van der Waals surface area contributed by atoms with Gasteiger partial charge in [0.15, 0.2) is 11.5 Å². The molecule has 0 amide bonds. The minimum atomic E-state index is -1.10. The van der Waals surface area contributed by atoms with E-state index in [1.54, 1.807) is 6.92 Å². The standard InChI is InChI=1S/C14H12ClN3O6/c1-2-24-9-6-8(15)5-7(12(9)19)3-4-10-16-13(20)11(18(22)23)14(21)17-10/h3-6,19H,2H2,1H3,(H2,16,17,20,21). The van der Waals surface area contributed by atoms with Crippen molar-refractivity contribution in [3.05, 3.63) is 49.0 Å². The van der Waals surface area contributed by atoms with E-state index in [9.17, 15) is 25.1 Å². The Hall–Kier alpha value is -3.07. The van der Waals surface area contributed by atoms with E-state index in [0.29, 0.717) is 11.6 Å². The largest absolute Gasteiger partial charge is 0.504 e. The van der Waals surface area contributed by atoms with Crippen LogP contribution in [0.3, 0.4) is 0 Å². The van der Waals surface area contributed by atoms with E-state index >= 15 is 0 Å². The van der Waals surface area contributed by atoms with E-state index in [1.165, 1.54) is 24.3 Å². The van der Waals surface area contributed by atoms with Crippen molar-refractivity contribution in [2.75, 3.05) is 6.61 Å². The second kappa shape index (κ2) is 7.01. The third-order valence-electron chi connectivity index (χ3n) is 2.87. The van der Waals surface area contributed by atoms with Crippen molar-refractivity contribution >= 4 is 29.4 Å². The smallest absolute Gasteiger partial charge is 0.395 e. The molecular weight excluding hydrogens is 342 g/mol. The van der Waals surface area contributed by atoms with Crippen LogP contribution in [-0.4, -0.2) is 31.7 Å². The summed E-state index contributed by atoms with van der Waals surface area (Å²) in [4.78, 5) is 26.8. The van der Waals surface area contributed by atoms with E-state index in [0.717, 1.165) is 0 Å². The van der Waals surface area contributed by atoms with Crippen LogP contribution < -0.4 is 10.3 Å². The molecule has 0 saturated carbocycles. The summed E-state index contributed by atoms with van der Waals surface area (Å²) in [5.41, 5.74) is -1.87. The quantitative estimate of drug-likeness (QED) is 0.553. The molecule has 0 spiro atoms. The topological polar surface area (TPSA) is 139 Å². The van der Waals surface area contributed by atoms with Crippen LogP contribution >= 0.6 is 11.6 Å². The molecule has 0 bridgehead atoms. The highest BCUT2D eigenvalue weighted by atomic mass is 35.5. The normalized spacial score (nSPS) is 10.9. The lowest BCUT2D eigenvalue weighted by Gasteiger charge is -2.08. The van der Waals surface area contributed by atoms with Crippen LogP contribution in [0, 0.1) is 10.1 Å². The summed E-state index contributed by atoms with van der Waals surface area (Å²) in [6.07, 6.45) is 2.60. The highest BCUT2D eigenvalue weighted by Crippen LogP contribution is 2.34. The molecule has 126 valence electrons. The maximum atomic E-state index is 11.6. The summed E-state index contributed by atoms with van der Waals surface area (Å²) in [5, 5.41) is 30.5. The van der Waals surface area contributed by atoms with Gasteiger partial charge in [0.05, 0.1) is 11.5 Å². The van der Waals surface area contributed by atoms with Gasteiger partial charge in [-0.25, -0.2) is 0 Å². The summed E-state index contributed by atoms with van der Waals surface area (Å²) < 4.78 is 5.23. The Kier molecular flexibility index (Phi) is 5.05. The first kappa shape index (κ1) is 17.3. The highest BCUT2D eigenvalue weighted by molar-refractivity contribution is 6.31. The van der Waals surface area contributed by atoms with E-state index in [-0.39, 0.29) is 22.9 Å². The first-order chi connectivity index (χ1) is 11.3. The molecule has 9 nitrogen and oxygen atoms in total. The molecule has 3 N–H and O–H groups in total. The van der Waals surface area contributed by atoms with Gasteiger partial charge in [0, 0.05) is 16.7 Å². The van der Waals surface area contributed by atoms with Crippen LogP contribution in [0.2, 0.25) is 5.02 Å². The predicted molar refractivity (Wildman–Crippen MR) is 86.4 cm³/mol. The minimum absolute atomic E-state index is 0.138. The number of aromatic amines is 1. The first-order valence-electron chi connectivity index (χ1n) is 6.64. The molecular formula is C14H12ClN3O6. The first-order valence-corrected chi connectivity index (χ1v) is 7.02. The van der Waals surface area contributed by atoms with Crippen LogP contribution in [-0.2, 0) is 0 Å². The molecule has 10 heteroatoms. The number of nitrogens with one attached hydrogen (secondary N) is 1. The van der Waals surface area contributed by atoms with Gasteiger partial charge < -0.3 is 19.9 Å². The van der Waals surface area contributed by atoms with Gasteiger partial charge in [-0.1, -0.05) is 11.6 Å². The number of aromatic nitrogens is 2. The molecule has 0 aliphatic heterocycles. The number of phenols is 1. The van der Waals surface area contributed by atoms with Crippen molar-refractivity contribution in [3.8, 4) is 17.4 Å². The van der Waals surface area contributed by atoms with Crippen LogP contribution in [0.15, 0.2) is 16.9 Å². The molecule has 0 fully saturated rings. The van der Waals surface area contributed by atoms with Crippen molar-refractivity contribution in [1.29, 1.82) is 0 Å². The monoisotopic (exact) mass is 353 g/mol. The Labute approximate surface area is 140 Å². The number of hydrogen-bond acceptors (Lipinski definition) is 7. The molecule has 24 heavy (non-hydrogen) atoms. The lowest BCUT2D eigenvalue weighted by atomic mass is 10.1. The summed E-state index contributed by atoms with van der Waals surface area (Å²) in [6, 6.07) is 2.88. The lowest BCUT2D eigenvalue weighted by molar-refractivity contribution is -0.387. The SMILES string of the molecule is CCOc1cc(Cl)cc(C=Cc2nc(O)c([N+](=O)[O-])c(=O)[nH]2)c1O. The van der Waals surface area contributed by atoms with E-state index < -0.39 is 22.0 Å². The molecule has 0 aliphatic rings. The van der Waals surface area contributed by atoms with E-state index in [1.807, 2.05) is 0 Å². The Bertz CT molecular complexity index is 878. The van der Waals surface area contributed by atoms with Gasteiger partial charge in [-0.2, -0.15) is 4.98 Å². The molecule has 1 aromatic carbocycles. The molecule has 0 unspecified atom stereocenters. The fourth-order valence-corrected chi connectivity index (χ4v) is 2.09. The molecule has 1 aromatic heterocycles. The average molecular weight is 354 g/mol. The number of phenolic OH excluding ortho intramolecular Hbond substituents is 1. The molecule has 2 aromatic rings. The van der Waals surface area contributed by atoms with E-state index in [4.69, 9.17) is 16.3 Å². The lowest BCUT2D eigenvalue weighted by Crippen LogP contribution is -2.14. The Morgan fingerprint density at radius 2 is 2.12 bits per heavy atom. The number of ether oxygens (including phenoxy) is 1. The molecule has 1 heterocycles. The van der Waals surface area contributed by atoms with Crippen LogP contribution in [0.5, 0.6) is 17.4 Å². The van der Waals surface area contributed by atoms with Crippen molar-refractivity contribution in [2.24, 2.45) is 0 Å². The fraction of sp³-hybridized carbons (Fsp3) is 0.143. The van der Waals surface area contributed by atoms with Crippen LogP contribution in [0.4, 0.5) is 5.69 Å². The van der Waals surface area contributed by atoms with E-state index in [2.05, 4.69) is 9.97 Å². The number of nitrogens with zero attached hydrogens (tertiary/aromatic N) is 2. The number of benzene rings is 1. The Morgan fingerprint density at radius 1 is 1.42 bits per heavy atom. The third-order valence-corrected chi connectivity index (χ3v) is 3.09. The maximum Gasteiger partial charge on any atom is 0.395 e. The second-order valence-electron chi connectivity index (χ2n) is 4.49. The van der Waals surface area contributed by atoms with Crippen LogP contribution in [0.1, 0.15) is 18.3 Å². The predicted octanol–water partition coefficient (Wildman–Crippen LogP) is 2.31. The van der Waals surface area contributed by atoms with Gasteiger partial charge in [0.25, 0.3) is 5.88 Å². The summed E-state index contributed by atoms with van der Waals surface area (Å²) >= 11 is 5.93. The second-order valence-corrected chi connectivity index (χ2v) is 4.93. The zero-order valence-electron chi connectivity index (χ0n) is 12.3. The fourth-order valence-electron chi connectivity index (χ4n) is 1.87. The number of H-pyrrole nitrogens is 1. The van der Waals surface area contributed by atoms with Crippen molar-refractivity contribution in [2.45, 2.75) is 6.92 Å². The molecule has 0 atom stereocenters. The van der Waals surface area contributed by atoms with Gasteiger partial charge in [-0.3, -0.25) is 14.9 Å². The van der Waals surface area contributed by atoms with Crippen molar-refractivity contribution in [1.82, 2.24) is 9.97 Å². The van der Waals surface area contributed by atoms with Gasteiger partial charge >= 0.3 is 11.2 Å². The summed E-state index contributed by atoms with van der Waals surface area (Å²) in [7, 11) is 0. The molecule has 0 radical (unpaired) electrons. The number of rotatable bonds is 5. The highest BCUT2D eigenvalue weighted by Gasteiger charge is 2.21. The molecule has 0 saturated heterocycles. The van der Waals surface area contributed by atoms with Crippen molar-refractivity contribution < 1.29 is 19.9 Å². The number of nitro groups is 1. The number of halogens is 1. The summed E-state index contributed by atoms with van der Waals surface area (Å²) in [5.74, 6) is -1.14. The van der Waals surface area contributed by atoms with Gasteiger partial charge in [0.1, 0.15) is 5.82 Å². The molecule has 2 rings (SSSR count). The van der Waals surface area contributed by atoms with Crippen molar-refractivity contribution in [3.63, 3.8) is 0 Å². The average Bonchev–Trinajstić information content (AvgIpc) is 2.48. The Morgan fingerprint density at radius 3 is 2.71 bits per heavy atom. The summed E-state index contributed by atoms with van der Waals surface area (Å²) in [6.45, 7) is 2.06. The number of hydrogen-bond donors (Lipinski definition) is 3. The third kappa shape index (κ3) is 3.63. The molecule has 0 aliphatic carbocycles. The van der Waals surface area contributed by atoms with Gasteiger partial charge in [-0.05, 0) is 25.1 Å². The number of aromatic hydroxyl groups is 2. The Balaban J connectivity index is 2.42. The van der Waals surface area contributed by atoms with Gasteiger partial charge in [0.2, 0.25) is 0 Å². The zero-order chi connectivity index (χ0) is 17.9. The minimum Gasteiger partial charge on any atom is -0.504 e. The zero-order valence-corrected chi connectivity index (χ0v) is 13.1. The maximum absolute atomic E-state index is 11.6. The van der Waals surface area contributed by atoms with Gasteiger partial charge in [-0.15, -0.1) is 0 Å².